The smallest absolute Gasteiger partial charge is 0.249 e. The van der Waals surface area contributed by atoms with Crippen molar-refractivity contribution in [2.24, 2.45) is 5.92 Å². The highest BCUT2D eigenvalue weighted by molar-refractivity contribution is 5.99. The molecule has 17 heteroatoms. The summed E-state index contributed by atoms with van der Waals surface area (Å²) in [5, 5.41) is 14.8. The van der Waals surface area contributed by atoms with Crippen LogP contribution in [0.15, 0.2) is 103 Å². The molecule has 0 aromatic heterocycles. The second-order valence-corrected chi connectivity index (χ2v) is 19.5. The van der Waals surface area contributed by atoms with Gasteiger partial charge < -0.3 is 55.1 Å². The lowest BCUT2D eigenvalue weighted by molar-refractivity contribution is -0.136. The molecule has 8 rings (SSSR count). The Balaban J connectivity index is 0.975. The number of Topliss-reactive ketones (excluding diaryl/α,β-unsaturated/α-hetero) is 2. The van der Waals surface area contributed by atoms with Crippen LogP contribution in [0.2, 0.25) is 0 Å². The standard InChI is InChI=1S/C55H63N5O12/c1-53(33-71-53)48(63)43(57-31-54(32-61,28-38-17-21-42(69-3)22-18-38)60-50(65)40-27-47(62)56-30-40)24-36-11-13-39(14-12-36)29-55(34-72-55)49(64)44(25-35-8-5-4-6-9-35)58-51(66)45(59-52(67)46-10-7-23-70-46)26-37-15-19-41(68-2)20-16-37/h4-6,8-9,11-22,32,40,43-46,57H,7,10,23-31,33-34H2,1-3H3,(H,56,62)(H,58,66)(H,59,67)(H,60,65). The van der Waals surface area contributed by atoms with Gasteiger partial charge in [-0.2, -0.15) is 0 Å². The van der Waals surface area contributed by atoms with Gasteiger partial charge in [-0.1, -0.05) is 78.9 Å². The van der Waals surface area contributed by atoms with Gasteiger partial charge in [-0.3, -0.25) is 28.8 Å². The van der Waals surface area contributed by atoms with Crippen molar-refractivity contribution in [3.05, 3.63) is 131 Å². The van der Waals surface area contributed by atoms with E-state index in [1.54, 1.807) is 57.5 Å². The zero-order valence-electron chi connectivity index (χ0n) is 40.9. The van der Waals surface area contributed by atoms with Crippen LogP contribution in [0.5, 0.6) is 11.5 Å². The van der Waals surface area contributed by atoms with Crippen molar-refractivity contribution in [3.8, 4) is 11.5 Å². The second kappa shape index (κ2) is 22.7. The largest absolute Gasteiger partial charge is 0.497 e. The minimum absolute atomic E-state index is 0.0000475. The number of rotatable bonds is 26. The topological polar surface area (TPSA) is 232 Å². The van der Waals surface area contributed by atoms with Gasteiger partial charge in [0.25, 0.3) is 0 Å². The van der Waals surface area contributed by atoms with Gasteiger partial charge in [0.15, 0.2) is 17.2 Å². The highest BCUT2D eigenvalue weighted by Gasteiger charge is 2.55. The lowest BCUT2D eigenvalue weighted by atomic mass is 9.87. The number of carbonyl (C=O) groups is 7. The summed E-state index contributed by atoms with van der Waals surface area (Å²) in [6, 6.07) is 28.3. The van der Waals surface area contributed by atoms with Crippen LogP contribution in [0.1, 0.15) is 54.0 Å². The highest BCUT2D eigenvalue weighted by atomic mass is 16.6. The maximum absolute atomic E-state index is 14.7. The quantitative estimate of drug-likeness (QED) is 0.0451. The van der Waals surface area contributed by atoms with Crippen molar-refractivity contribution in [2.45, 2.75) is 99.3 Å². The molecule has 0 radical (unpaired) electrons. The average Bonchev–Trinajstić information content (AvgIpc) is 4.21. The van der Waals surface area contributed by atoms with Crippen LogP contribution in [-0.4, -0.2) is 130 Å². The fourth-order valence-corrected chi connectivity index (χ4v) is 9.37. The molecule has 0 spiro atoms. The molecule has 4 aromatic rings. The first-order chi connectivity index (χ1) is 34.7. The van der Waals surface area contributed by atoms with Crippen molar-refractivity contribution >= 4 is 41.5 Å². The Hall–Kier alpha value is -6.79. The Labute approximate surface area is 418 Å². The molecule has 380 valence electrons. The Kier molecular flexibility index (Phi) is 16.3. The van der Waals surface area contributed by atoms with Gasteiger partial charge in [0, 0.05) is 45.4 Å². The van der Waals surface area contributed by atoms with Crippen LogP contribution in [0.4, 0.5) is 0 Å². The Morgan fingerprint density at radius 1 is 0.736 bits per heavy atom. The normalized spacial score (nSPS) is 23.0. The van der Waals surface area contributed by atoms with Crippen LogP contribution in [0.3, 0.4) is 0 Å². The van der Waals surface area contributed by atoms with Crippen molar-refractivity contribution in [2.75, 3.05) is 47.1 Å². The molecule has 4 saturated heterocycles. The molecule has 4 amide bonds. The number of carbonyl (C=O) groups excluding carboxylic acids is 7. The number of epoxide rings is 2. The number of aldehydes is 1. The predicted octanol–water partition coefficient (Wildman–Crippen LogP) is 2.51. The first-order valence-corrected chi connectivity index (χ1v) is 24.5. The lowest BCUT2D eigenvalue weighted by Crippen LogP contribution is -2.61. The number of hydrogen-bond donors (Lipinski definition) is 5. The number of methoxy groups -OCH3 is 2. The number of hydrogen-bond acceptors (Lipinski definition) is 13. The van der Waals surface area contributed by atoms with Crippen LogP contribution in [0.25, 0.3) is 0 Å². The molecule has 4 aliphatic heterocycles. The summed E-state index contributed by atoms with van der Waals surface area (Å²) in [6.45, 7) is 2.59. The first kappa shape index (κ1) is 51.6. The second-order valence-electron chi connectivity index (χ2n) is 19.5. The third-order valence-electron chi connectivity index (χ3n) is 14.0. The minimum Gasteiger partial charge on any atom is -0.497 e. The molecular formula is C55H63N5O12. The lowest BCUT2D eigenvalue weighted by Gasteiger charge is -2.33. The van der Waals surface area contributed by atoms with Gasteiger partial charge in [0.1, 0.15) is 41.1 Å². The Bertz CT molecular complexity index is 2580. The van der Waals surface area contributed by atoms with Crippen molar-refractivity contribution in [1.29, 1.82) is 0 Å². The van der Waals surface area contributed by atoms with Crippen LogP contribution in [-0.2, 0) is 79.9 Å². The molecule has 17 nitrogen and oxygen atoms in total. The van der Waals surface area contributed by atoms with Gasteiger partial charge in [0.2, 0.25) is 23.6 Å². The van der Waals surface area contributed by atoms with E-state index in [1.165, 1.54) is 0 Å². The maximum Gasteiger partial charge on any atom is 0.249 e. The third kappa shape index (κ3) is 13.0. The van der Waals surface area contributed by atoms with Crippen LogP contribution < -0.4 is 36.1 Å². The van der Waals surface area contributed by atoms with Gasteiger partial charge in [-0.05, 0) is 84.7 Å². The summed E-state index contributed by atoms with van der Waals surface area (Å²) < 4.78 is 27.8. The zero-order chi connectivity index (χ0) is 50.9. The molecule has 0 saturated carbocycles. The van der Waals surface area contributed by atoms with Gasteiger partial charge in [-0.25, -0.2) is 0 Å². The number of ketones is 2. The van der Waals surface area contributed by atoms with Crippen LogP contribution in [0, 0.1) is 5.92 Å². The Morgan fingerprint density at radius 2 is 1.32 bits per heavy atom. The molecule has 72 heavy (non-hydrogen) atoms. The van der Waals surface area contributed by atoms with Gasteiger partial charge in [0.05, 0.1) is 45.4 Å². The fourth-order valence-electron chi connectivity index (χ4n) is 9.37. The molecule has 5 N–H and O–H groups in total. The van der Waals surface area contributed by atoms with Crippen molar-refractivity contribution < 1.29 is 57.2 Å². The zero-order valence-corrected chi connectivity index (χ0v) is 40.9. The predicted molar refractivity (Wildman–Crippen MR) is 263 cm³/mol. The molecule has 0 bridgehead atoms. The Morgan fingerprint density at radius 3 is 1.88 bits per heavy atom. The average molecular weight is 986 g/mol. The molecular weight excluding hydrogens is 923 g/mol. The van der Waals surface area contributed by atoms with E-state index < -0.39 is 64.6 Å². The van der Waals surface area contributed by atoms with E-state index in [1.807, 2.05) is 66.7 Å². The van der Waals surface area contributed by atoms with E-state index in [-0.39, 0.29) is 82.3 Å². The molecule has 8 unspecified atom stereocenters. The van der Waals surface area contributed by atoms with Gasteiger partial charge >= 0.3 is 0 Å². The third-order valence-corrected chi connectivity index (χ3v) is 14.0. The summed E-state index contributed by atoms with van der Waals surface area (Å²) in [5.41, 5.74) is 0.150. The number of benzene rings is 4. The highest BCUT2D eigenvalue weighted by Crippen LogP contribution is 2.35. The van der Waals surface area contributed by atoms with E-state index in [0.717, 1.165) is 34.2 Å². The molecule has 8 atom stereocenters. The summed E-state index contributed by atoms with van der Waals surface area (Å²) in [7, 11) is 3.11. The SMILES string of the molecule is COc1ccc(CC(NC(=O)C2CCCO2)C(=O)NC(Cc2ccccc2)C(=O)C2(Cc3ccc(CC(NCC(C=O)(Cc4ccc(OC)cc4)NC(=O)C4CNC(=O)C4)C(=O)C4(C)CO4)cc3)CO2)cc1. The van der Waals surface area contributed by atoms with Crippen LogP contribution >= 0.6 is 0 Å². The van der Waals surface area contributed by atoms with E-state index in [4.69, 9.17) is 23.7 Å². The summed E-state index contributed by atoms with van der Waals surface area (Å²) >= 11 is 0. The number of nitrogens with one attached hydrogen (secondary N) is 5. The monoisotopic (exact) mass is 985 g/mol. The minimum atomic E-state index is -1.50. The van der Waals surface area contributed by atoms with E-state index in [2.05, 4.69) is 26.6 Å². The molecule has 0 aliphatic carbocycles. The number of amides is 4. The maximum atomic E-state index is 14.7. The first-order valence-electron chi connectivity index (χ1n) is 24.5. The van der Waals surface area contributed by atoms with Gasteiger partial charge in [-0.15, -0.1) is 0 Å². The van der Waals surface area contributed by atoms with Crippen molar-refractivity contribution in [3.63, 3.8) is 0 Å². The molecule has 4 aliphatic rings. The summed E-state index contributed by atoms with van der Waals surface area (Å²) in [5.74, 6) is -1.53. The summed E-state index contributed by atoms with van der Waals surface area (Å²) in [4.78, 5) is 95.2. The number of ether oxygens (including phenoxy) is 5. The van der Waals surface area contributed by atoms with Crippen molar-refractivity contribution in [1.82, 2.24) is 26.6 Å². The molecule has 4 aromatic carbocycles. The van der Waals surface area contributed by atoms with E-state index in [9.17, 15) is 33.6 Å². The summed E-state index contributed by atoms with van der Waals surface area (Å²) in [6.07, 6.45) is 2.13. The fraction of sp³-hybridized carbons (Fsp3) is 0.436. The molecule has 4 heterocycles. The van der Waals surface area contributed by atoms with E-state index >= 15 is 0 Å². The van der Waals surface area contributed by atoms with E-state index in [0.29, 0.717) is 30.8 Å². The molecule has 4 fully saturated rings.